The fourth-order valence-electron chi connectivity index (χ4n) is 5.23. The molecule has 0 radical (unpaired) electrons. The molecule has 6 heteroatoms. The molecule has 30 heavy (non-hydrogen) atoms. The normalized spacial score (nSPS) is 25.9. The maximum Gasteiger partial charge on any atom is 0.258 e. The van der Waals surface area contributed by atoms with Gasteiger partial charge in [0.15, 0.2) is 0 Å². The molecule has 158 valence electrons. The van der Waals surface area contributed by atoms with Crippen LogP contribution in [-0.2, 0) is 6.42 Å². The van der Waals surface area contributed by atoms with E-state index < -0.39 is 0 Å². The SMILES string of the molecule is COc1ccc2c(c1)CCN(c1ccc(O[C@H]3C[C@H]4CC[C@@H](C3)N4C)c(Cl)c1)C2=O. The van der Waals surface area contributed by atoms with E-state index >= 15 is 0 Å². The third kappa shape index (κ3) is 3.44. The van der Waals surface area contributed by atoms with Gasteiger partial charge in [-0.05, 0) is 81.1 Å². The van der Waals surface area contributed by atoms with Gasteiger partial charge in [0, 0.05) is 29.9 Å². The molecule has 0 spiro atoms. The van der Waals surface area contributed by atoms with Crippen LogP contribution in [0.5, 0.6) is 11.5 Å². The van der Waals surface area contributed by atoms with E-state index in [4.69, 9.17) is 21.1 Å². The molecule has 0 saturated carbocycles. The Morgan fingerprint density at radius 1 is 1.07 bits per heavy atom. The third-order valence-electron chi connectivity index (χ3n) is 6.97. The Kier molecular flexibility index (Phi) is 5.11. The first-order chi connectivity index (χ1) is 14.5. The minimum atomic E-state index is -0.00414. The van der Waals surface area contributed by atoms with Crippen LogP contribution in [0.2, 0.25) is 5.02 Å². The van der Waals surface area contributed by atoms with Crippen molar-refractivity contribution < 1.29 is 14.3 Å². The zero-order valence-corrected chi connectivity index (χ0v) is 18.2. The van der Waals surface area contributed by atoms with E-state index in [-0.39, 0.29) is 12.0 Å². The summed E-state index contributed by atoms with van der Waals surface area (Å²) >= 11 is 6.58. The number of fused-ring (bicyclic) bond motifs is 3. The van der Waals surface area contributed by atoms with E-state index in [1.165, 1.54) is 12.8 Å². The summed E-state index contributed by atoms with van der Waals surface area (Å²) in [6.07, 6.45) is 5.62. The summed E-state index contributed by atoms with van der Waals surface area (Å²) in [7, 11) is 3.87. The number of rotatable bonds is 4. The molecule has 2 aromatic carbocycles. The van der Waals surface area contributed by atoms with Crippen LogP contribution in [0.4, 0.5) is 5.69 Å². The molecule has 5 rings (SSSR count). The van der Waals surface area contributed by atoms with Crippen molar-refractivity contribution in [1.82, 2.24) is 4.90 Å². The molecular weight excluding hydrogens is 400 g/mol. The fraction of sp³-hybridized carbons (Fsp3) is 0.458. The second-order valence-electron chi connectivity index (χ2n) is 8.61. The quantitative estimate of drug-likeness (QED) is 0.719. The van der Waals surface area contributed by atoms with Gasteiger partial charge in [-0.1, -0.05) is 11.6 Å². The largest absolute Gasteiger partial charge is 0.497 e. The molecule has 5 nitrogen and oxygen atoms in total. The van der Waals surface area contributed by atoms with Crippen molar-refractivity contribution in [3.63, 3.8) is 0 Å². The smallest absolute Gasteiger partial charge is 0.258 e. The van der Waals surface area contributed by atoms with E-state index in [0.29, 0.717) is 29.4 Å². The summed E-state index contributed by atoms with van der Waals surface area (Å²) in [5.41, 5.74) is 2.56. The second-order valence-corrected chi connectivity index (χ2v) is 9.01. The number of benzene rings is 2. The summed E-state index contributed by atoms with van der Waals surface area (Å²) in [6.45, 7) is 0.619. The average molecular weight is 427 g/mol. The standard InChI is InChI=1S/C24H27ClN2O3/c1-26-16-3-4-17(26)13-20(12-16)30-23-8-5-18(14-22(23)25)27-10-9-15-11-19(29-2)6-7-21(15)24(27)28/h5-8,11,14,16-17,20H,3-4,9-10,12-13H2,1-2H3/t16-,17+,20+. The van der Waals surface area contributed by atoms with Gasteiger partial charge in [-0.15, -0.1) is 0 Å². The topological polar surface area (TPSA) is 42.0 Å². The lowest BCUT2D eigenvalue weighted by Crippen LogP contribution is -2.43. The number of hydrogen-bond donors (Lipinski definition) is 0. The molecule has 0 aromatic heterocycles. The van der Waals surface area contributed by atoms with E-state index in [1.54, 1.807) is 12.0 Å². The summed E-state index contributed by atoms with van der Waals surface area (Å²) < 4.78 is 11.6. The molecule has 2 bridgehead atoms. The van der Waals surface area contributed by atoms with Gasteiger partial charge in [0.2, 0.25) is 0 Å². The first kappa shape index (κ1) is 19.7. The van der Waals surface area contributed by atoms with Crippen molar-refractivity contribution in [3.05, 3.63) is 52.5 Å². The van der Waals surface area contributed by atoms with Gasteiger partial charge >= 0.3 is 0 Å². The van der Waals surface area contributed by atoms with Gasteiger partial charge in [-0.25, -0.2) is 0 Å². The number of ether oxygens (including phenoxy) is 2. The number of piperidine rings is 1. The van der Waals surface area contributed by atoms with Crippen molar-refractivity contribution in [2.75, 3.05) is 25.6 Å². The number of carbonyl (C=O) groups is 1. The van der Waals surface area contributed by atoms with E-state index in [1.807, 2.05) is 36.4 Å². The van der Waals surface area contributed by atoms with Gasteiger partial charge in [0.25, 0.3) is 5.91 Å². The lowest BCUT2D eigenvalue weighted by molar-refractivity contribution is 0.0662. The van der Waals surface area contributed by atoms with Crippen LogP contribution in [0.25, 0.3) is 0 Å². The number of halogens is 1. The van der Waals surface area contributed by atoms with Crippen LogP contribution in [-0.4, -0.2) is 49.7 Å². The predicted octanol–water partition coefficient (Wildman–Crippen LogP) is 4.56. The van der Waals surface area contributed by atoms with E-state index in [0.717, 1.165) is 41.8 Å². The minimum Gasteiger partial charge on any atom is -0.497 e. The molecule has 2 aromatic rings. The molecule has 3 heterocycles. The van der Waals surface area contributed by atoms with Crippen LogP contribution in [0.3, 0.4) is 0 Å². The van der Waals surface area contributed by atoms with Gasteiger partial charge in [-0.3, -0.25) is 4.79 Å². The van der Waals surface area contributed by atoms with Crippen molar-refractivity contribution in [3.8, 4) is 11.5 Å². The first-order valence-corrected chi connectivity index (χ1v) is 11.1. The lowest BCUT2D eigenvalue weighted by Gasteiger charge is -2.36. The van der Waals surface area contributed by atoms with Gasteiger partial charge in [0.05, 0.1) is 12.1 Å². The zero-order chi connectivity index (χ0) is 20.8. The Hall–Kier alpha value is -2.24. The molecule has 0 aliphatic carbocycles. The van der Waals surface area contributed by atoms with Crippen LogP contribution >= 0.6 is 11.6 Å². The van der Waals surface area contributed by atoms with E-state index in [2.05, 4.69) is 11.9 Å². The van der Waals surface area contributed by atoms with Crippen LogP contribution in [0, 0.1) is 0 Å². The number of amides is 1. The Labute approximate surface area is 182 Å². The molecule has 1 amide bonds. The predicted molar refractivity (Wildman–Crippen MR) is 118 cm³/mol. The summed E-state index contributed by atoms with van der Waals surface area (Å²) in [5, 5.41) is 0.562. The number of carbonyl (C=O) groups excluding carboxylic acids is 1. The highest BCUT2D eigenvalue weighted by Gasteiger charge is 2.39. The molecular formula is C24H27ClN2O3. The number of hydrogen-bond acceptors (Lipinski definition) is 4. The van der Waals surface area contributed by atoms with Crippen molar-refractivity contribution >= 4 is 23.2 Å². The summed E-state index contributed by atoms with van der Waals surface area (Å²) in [5.74, 6) is 1.49. The zero-order valence-electron chi connectivity index (χ0n) is 17.4. The Bertz CT molecular complexity index is 965. The third-order valence-corrected chi connectivity index (χ3v) is 7.26. The minimum absolute atomic E-state index is 0.00414. The fourth-order valence-corrected chi connectivity index (χ4v) is 5.45. The van der Waals surface area contributed by atoms with Crippen LogP contribution in [0.15, 0.2) is 36.4 Å². The number of methoxy groups -OCH3 is 1. The Morgan fingerprint density at radius 3 is 2.53 bits per heavy atom. The highest BCUT2D eigenvalue weighted by atomic mass is 35.5. The lowest BCUT2D eigenvalue weighted by atomic mass is 9.98. The van der Waals surface area contributed by atoms with Gasteiger partial charge in [0.1, 0.15) is 17.6 Å². The summed E-state index contributed by atoms with van der Waals surface area (Å²) in [4.78, 5) is 17.3. The van der Waals surface area contributed by atoms with Crippen molar-refractivity contribution in [2.45, 2.75) is 50.3 Å². The van der Waals surface area contributed by atoms with Gasteiger partial charge < -0.3 is 19.3 Å². The highest BCUT2D eigenvalue weighted by molar-refractivity contribution is 6.32. The Balaban J connectivity index is 1.32. The highest BCUT2D eigenvalue weighted by Crippen LogP contribution is 2.38. The first-order valence-electron chi connectivity index (χ1n) is 10.7. The maximum absolute atomic E-state index is 13.0. The molecule has 2 fully saturated rings. The molecule has 0 unspecified atom stereocenters. The molecule has 2 saturated heterocycles. The maximum atomic E-state index is 13.0. The van der Waals surface area contributed by atoms with Crippen molar-refractivity contribution in [2.24, 2.45) is 0 Å². The monoisotopic (exact) mass is 426 g/mol. The van der Waals surface area contributed by atoms with Crippen molar-refractivity contribution in [1.29, 1.82) is 0 Å². The molecule has 3 aliphatic heterocycles. The second kappa shape index (κ2) is 7.78. The van der Waals surface area contributed by atoms with Gasteiger partial charge in [-0.2, -0.15) is 0 Å². The van der Waals surface area contributed by atoms with Crippen LogP contribution in [0.1, 0.15) is 41.6 Å². The summed E-state index contributed by atoms with van der Waals surface area (Å²) in [6, 6.07) is 12.6. The number of anilines is 1. The van der Waals surface area contributed by atoms with E-state index in [9.17, 15) is 4.79 Å². The Morgan fingerprint density at radius 2 is 1.83 bits per heavy atom. The molecule has 0 N–H and O–H groups in total. The average Bonchev–Trinajstić information content (AvgIpc) is 2.96. The number of nitrogens with zero attached hydrogens (tertiary/aromatic N) is 2. The molecule has 3 atom stereocenters. The molecule has 3 aliphatic rings. The van der Waals surface area contributed by atoms with Crippen LogP contribution < -0.4 is 14.4 Å².